The minimum atomic E-state index is -1.28. The van der Waals surface area contributed by atoms with Crippen molar-refractivity contribution in [2.75, 3.05) is 11.4 Å². The number of rotatable bonds is 5. The molecule has 4 rings (SSSR count). The number of benzene rings is 1. The summed E-state index contributed by atoms with van der Waals surface area (Å²) in [5.74, 6) is -4.80. The van der Waals surface area contributed by atoms with Crippen LogP contribution < -0.4 is 15.6 Å². The van der Waals surface area contributed by atoms with Crippen molar-refractivity contribution in [3.8, 4) is 5.69 Å². The Morgan fingerprint density at radius 1 is 1.14 bits per heavy atom. The van der Waals surface area contributed by atoms with Crippen molar-refractivity contribution in [3.05, 3.63) is 63.7 Å². The molecule has 0 unspecified atom stereocenters. The molecular weight excluding hydrogens is 465 g/mol. The molecule has 0 spiro atoms. The van der Waals surface area contributed by atoms with E-state index in [-0.39, 0.29) is 41.8 Å². The first kappa shape index (κ1) is 24.4. The molecule has 8 nitrogen and oxygen atoms in total. The SMILES string of the molecule is CC(C)[C@@H](C)NC(=O)c1cn(-c2c(F)cc(F)cc2F)c2nc(N3C[C@@H](O)CC3=O)ccc2c1=O. The number of fused-ring (bicyclic) bond motifs is 1. The van der Waals surface area contributed by atoms with Crippen molar-refractivity contribution < 1.29 is 27.9 Å². The van der Waals surface area contributed by atoms with Crippen molar-refractivity contribution in [1.29, 1.82) is 0 Å². The van der Waals surface area contributed by atoms with Gasteiger partial charge in [-0.15, -0.1) is 0 Å². The van der Waals surface area contributed by atoms with Gasteiger partial charge in [0.1, 0.15) is 22.9 Å². The predicted molar refractivity (Wildman–Crippen MR) is 122 cm³/mol. The molecule has 1 fully saturated rings. The molecule has 35 heavy (non-hydrogen) atoms. The summed E-state index contributed by atoms with van der Waals surface area (Å²) < 4.78 is 44.0. The zero-order valence-electron chi connectivity index (χ0n) is 19.2. The molecule has 1 aliphatic rings. The number of anilines is 1. The van der Waals surface area contributed by atoms with E-state index in [1.54, 1.807) is 6.92 Å². The number of pyridine rings is 2. The van der Waals surface area contributed by atoms with Crippen LogP contribution >= 0.6 is 0 Å². The maximum atomic E-state index is 14.8. The molecule has 3 heterocycles. The minimum Gasteiger partial charge on any atom is -0.391 e. The van der Waals surface area contributed by atoms with Gasteiger partial charge < -0.3 is 10.4 Å². The Hall–Kier alpha value is -3.73. The number of amides is 2. The van der Waals surface area contributed by atoms with Crippen LogP contribution in [0.25, 0.3) is 16.7 Å². The molecule has 0 aliphatic carbocycles. The van der Waals surface area contributed by atoms with Crippen molar-refractivity contribution in [3.63, 3.8) is 0 Å². The zero-order valence-corrected chi connectivity index (χ0v) is 19.2. The molecule has 2 aromatic heterocycles. The van der Waals surface area contributed by atoms with E-state index in [0.717, 1.165) is 10.8 Å². The van der Waals surface area contributed by atoms with E-state index in [2.05, 4.69) is 10.3 Å². The molecule has 11 heteroatoms. The third kappa shape index (κ3) is 4.51. The lowest BCUT2D eigenvalue weighted by Gasteiger charge is -2.20. The lowest BCUT2D eigenvalue weighted by molar-refractivity contribution is -0.117. The van der Waals surface area contributed by atoms with Gasteiger partial charge in [-0.05, 0) is 25.0 Å². The quantitative estimate of drug-likeness (QED) is 0.575. The van der Waals surface area contributed by atoms with Crippen LogP contribution in [0.4, 0.5) is 19.0 Å². The largest absolute Gasteiger partial charge is 0.391 e. The van der Waals surface area contributed by atoms with Gasteiger partial charge in [-0.25, -0.2) is 18.2 Å². The van der Waals surface area contributed by atoms with E-state index in [4.69, 9.17) is 0 Å². The number of nitrogens with one attached hydrogen (secondary N) is 1. The number of nitrogens with zero attached hydrogens (tertiary/aromatic N) is 3. The van der Waals surface area contributed by atoms with Crippen LogP contribution in [-0.4, -0.2) is 45.2 Å². The average Bonchev–Trinajstić information content (AvgIpc) is 3.11. The van der Waals surface area contributed by atoms with Crippen LogP contribution in [0.5, 0.6) is 0 Å². The van der Waals surface area contributed by atoms with E-state index in [1.165, 1.54) is 17.0 Å². The Morgan fingerprint density at radius 3 is 2.37 bits per heavy atom. The lowest BCUT2D eigenvalue weighted by Crippen LogP contribution is -2.38. The Morgan fingerprint density at radius 2 is 1.80 bits per heavy atom. The maximum absolute atomic E-state index is 14.8. The van der Waals surface area contributed by atoms with Gasteiger partial charge in [0.15, 0.2) is 17.3 Å². The normalized spacial score (nSPS) is 16.9. The summed E-state index contributed by atoms with van der Waals surface area (Å²) in [4.78, 5) is 43.8. The van der Waals surface area contributed by atoms with Crippen LogP contribution in [0.15, 0.2) is 35.3 Å². The second-order valence-corrected chi connectivity index (χ2v) is 8.87. The Kier molecular flexibility index (Phi) is 6.37. The van der Waals surface area contributed by atoms with E-state index < -0.39 is 52.0 Å². The topological polar surface area (TPSA) is 105 Å². The fraction of sp³-hybridized carbons (Fsp3) is 0.333. The molecule has 184 valence electrons. The van der Waals surface area contributed by atoms with Crippen LogP contribution in [-0.2, 0) is 4.79 Å². The molecular formula is C24H23F3N4O4. The number of hydrogen-bond donors (Lipinski definition) is 2. The smallest absolute Gasteiger partial charge is 0.257 e. The van der Waals surface area contributed by atoms with Gasteiger partial charge in [0, 0.05) is 24.4 Å². The summed E-state index contributed by atoms with van der Waals surface area (Å²) in [7, 11) is 0. The van der Waals surface area contributed by atoms with Gasteiger partial charge in [0.25, 0.3) is 5.91 Å². The molecule has 0 radical (unpaired) electrons. The van der Waals surface area contributed by atoms with E-state index >= 15 is 0 Å². The van der Waals surface area contributed by atoms with Crippen molar-refractivity contribution in [2.45, 2.75) is 39.3 Å². The van der Waals surface area contributed by atoms with Crippen LogP contribution in [0.3, 0.4) is 0 Å². The summed E-state index contributed by atoms with van der Waals surface area (Å²) in [6.07, 6.45) is -0.0895. The summed E-state index contributed by atoms with van der Waals surface area (Å²) in [5.41, 5.74) is -2.13. The van der Waals surface area contributed by atoms with Gasteiger partial charge in [-0.2, -0.15) is 0 Å². The number of β-amino-alcohol motifs (C(OH)–C–C–N with tert-alkyl or cyclic N) is 1. The van der Waals surface area contributed by atoms with Gasteiger partial charge in [0.05, 0.1) is 24.5 Å². The van der Waals surface area contributed by atoms with E-state index in [0.29, 0.717) is 12.1 Å². The summed E-state index contributed by atoms with van der Waals surface area (Å²) in [6, 6.07) is 3.26. The van der Waals surface area contributed by atoms with Gasteiger partial charge in [-0.3, -0.25) is 23.9 Å². The van der Waals surface area contributed by atoms with Crippen molar-refractivity contribution in [1.82, 2.24) is 14.9 Å². The fourth-order valence-electron chi connectivity index (χ4n) is 3.80. The van der Waals surface area contributed by atoms with E-state index in [9.17, 15) is 32.7 Å². The lowest BCUT2D eigenvalue weighted by atomic mass is 10.1. The summed E-state index contributed by atoms with van der Waals surface area (Å²) >= 11 is 0. The first-order chi connectivity index (χ1) is 16.5. The molecule has 2 N–H and O–H groups in total. The Balaban J connectivity index is 1.98. The highest BCUT2D eigenvalue weighted by molar-refractivity contribution is 5.99. The number of aromatic nitrogens is 2. The van der Waals surface area contributed by atoms with E-state index in [1.807, 2.05) is 13.8 Å². The first-order valence-corrected chi connectivity index (χ1v) is 11.0. The number of carbonyl (C=O) groups excluding carboxylic acids is 2. The fourth-order valence-corrected chi connectivity index (χ4v) is 3.80. The second kappa shape index (κ2) is 9.14. The van der Waals surface area contributed by atoms with Gasteiger partial charge >= 0.3 is 0 Å². The van der Waals surface area contributed by atoms with Gasteiger partial charge in [0.2, 0.25) is 11.3 Å². The highest BCUT2D eigenvalue weighted by Crippen LogP contribution is 2.26. The number of halogens is 3. The molecule has 2 amide bonds. The molecule has 3 aromatic rings. The number of hydrogen-bond acceptors (Lipinski definition) is 5. The van der Waals surface area contributed by atoms with Gasteiger partial charge in [-0.1, -0.05) is 13.8 Å². The van der Waals surface area contributed by atoms with Crippen molar-refractivity contribution in [2.24, 2.45) is 5.92 Å². The van der Waals surface area contributed by atoms with Crippen LogP contribution in [0.1, 0.15) is 37.6 Å². The number of aliphatic hydroxyl groups is 1. The number of carbonyl (C=O) groups is 2. The van der Waals surface area contributed by atoms with Crippen LogP contribution in [0, 0.1) is 23.4 Å². The summed E-state index contributed by atoms with van der Waals surface area (Å²) in [6.45, 7) is 5.44. The first-order valence-electron chi connectivity index (χ1n) is 11.0. The minimum absolute atomic E-state index is 0.0424. The molecule has 1 aromatic carbocycles. The van der Waals surface area contributed by atoms with Crippen LogP contribution in [0.2, 0.25) is 0 Å². The zero-order chi connectivity index (χ0) is 25.6. The van der Waals surface area contributed by atoms with Crippen molar-refractivity contribution >= 4 is 28.7 Å². The third-order valence-electron chi connectivity index (χ3n) is 6.04. The molecule has 0 bridgehead atoms. The molecule has 0 saturated carbocycles. The highest BCUT2D eigenvalue weighted by atomic mass is 19.1. The Labute approximate surface area is 198 Å². The molecule has 1 aliphatic heterocycles. The Bertz CT molecular complexity index is 1380. The highest BCUT2D eigenvalue weighted by Gasteiger charge is 2.31. The standard InChI is InChI=1S/C24H23F3N4O4/c1-11(2)12(3)28-24(35)16-10-31(21-17(26)6-13(25)7-18(21)27)23-15(22(16)34)4-5-19(29-23)30-9-14(32)8-20(30)33/h4-7,10-12,14,32H,8-9H2,1-3H3,(H,28,35)/t12-,14+/m1/s1. The monoisotopic (exact) mass is 488 g/mol. The summed E-state index contributed by atoms with van der Waals surface area (Å²) in [5, 5.41) is 12.3. The maximum Gasteiger partial charge on any atom is 0.257 e. The third-order valence-corrected chi connectivity index (χ3v) is 6.04. The molecule has 2 atom stereocenters. The predicted octanol–water partition coefficient (Wildman–Crippen LogP) is 2.67. The average molecular weight is 488 g/mol. The molecule has 1 saturated heterocycles. The number of aliphatic hydroxyl groups excluding tert-OH is 1. The second-order valence-electron chi connectivity index (χ2n) is 8.87.